The van der Waals surface area contributed by atoms with Gasteiger partial charge < -0.3 is 16.4 Å². The van der Waals surface area contributed by atoms with Crippen molar-refractivity contribution in [3.8, 4) is 0 Å². The second kappa shape index (κ2) is 6.00. The zero-order valence-corrected chi connectivity index (χ0v) is 10.4. The molecule has 2 amide bonds. The van der Waals surface area contributed by atoms with Crippen molar-refractivity contribution < 1.29 is 13.6 Å². The molecule has 2 aromatic rings. The lowest BCUT2D eigenvalue weighted by Crippen LogP contribution is -2.31. The van der Waals surface area contributed by atoms with E-state index in [4.69, 9.17) is 5.73 Å². The van der Waals surface area contributed by atoms with E-state index in [0.717, 1.165) is 12.1 Å². The number of urea groups is 1. The molecule has 0 spiro atoms. The first-order valence-electron chi connectivity index (χ1n) is 5.82. The molecule has 1 aromatic carbocycles. The van der Waals surface area contributed by atoms with E-state index < -0.39 is 17.7 Å². The zero-order chi connectivity index (χ0) is 14.5. The highest BCUT2D eigenvalue weighted by atomic mass is 19.1. The molecule has 0 aliphatic rings. The number of nitrogens with two attached hydrogens (primary N) is 1. The van der Waals surface area contributed by atoms with Crippen LogP contribution in [0.2, 0.25) is 0 Å². The molecular weight excluding hydrogens is 268 g/mol. The quantitative estimate of drug-likeness (QED) is 0.795. The third-order valence-corrected chi connectivity index (χ3v) is 2.46. The Labute approximate surface area is 113 Å². The Balaban J connectivity index is 1.80. The summed E-state index contributed by atoms with van der Waals surface area (Å²) in [5, 5.41) is 8.74. The number of hydrogen-bond donors (Lipinski definition) is 3. The number of amides is 2. The predicted octanol–water partition coefficient (Wildman–Crippen LogP) is 1.57. The molecule has 8 heteroatoms. The maximum Gasteiger partial charge on any atom is 0.319 e. The van der Waals surface area contributed by atoms with E-state index >= 15 is 0 Å². The lowest BCUT2D eigenvalue weighted by atomic mass is 10.3. The molecule has 0 unspecified atom stereocenters. The number of carbonyl (C=O) groups is 1. The Morgan fingerprint density at radius 1 is 1.40 bits per heavy atom. The molecule has 1 aromatic heterocycles. The van der Waals surface area contributed by atoms with Gasteiger partial charge in [-0.15, -0.1) is 0 Å². The molecule has 0 radical (unpaired) electrons. The molecule has 0 fully saturated rings. The molecule has 4 N–H and O–H groups in total. The molecule has 0 saturated carbocycles. The van der Waals surface area contributed by atoms with Crippen molar-refractivity contribution in [2.45, 2.75) is 6.54 Å². The van der Waals surface area contributed by atoms with Gasteiger partial charge in [0.2, 0.25) is 0 Å². The molecule has 0 aliphatic heterocycles. The van der Waals surface area contributed by atoms with Crippen molar-refractivity contribution >= 4 is 17.4 Å². The van der Waals surface area contributed by atoms with Gasteiger partial charge in [-0.2, -0.15) is 5.10 Å². The van der Waals surface area contributed by atoms with Crippen molar-refractivity contribution in [1.29, 1.82) is 0 Å². The molecule has 20 heavy (non-hydrogen) atoms. The second-order valence-corrected chi connectivity index (χ2v) is 4.04. The van der Waals surface area contributed by atoms with E-state index in [2.05, 4.69) is 15.7 Å². The van der Waals surface area contributed by atoms with Gasteiger partial charge in [-0.25, -0.2) is 13.6 Å². The number of carbonyl (C=O) groups excluding carboxylic acids is 1. The Bertz CT molecular complexity index is 614. The van der Waals surface area contributed by atoms with Gasteiger partial charge in [0.1, 0.15) is 11.6 Å². The van der Waals surface area contributed by atoms with Crippen LogP contribution in [0.25, 0.3) is 0 Å². The van der Waals surface area contributed by atoms with E-state index in [1.165, 1.54) is 6.20 Å². The number of benzene rings is 1. The van der Waals surface area contributed by atoms with Crippen LogP contribution in [0.4, 0.5) is 25.0 Å². The van der Waals surface area contributed by atoms with Gasteiger partial charge >= 0.3 is 6.03 Å². The van der Waals surface area contributed by atoms with Gasteiger partial charge in [-0.05, 0) is 12.1 Å². The minimum Gasteiger partial charge on any atom is -0.396 e. The molecule has 1 heterocycles. The fourth-order valence-corrected chi connectivity index (χ4v) is 1.54. The number of hydrogen-bond acceptors (Lipinski definition) is 3. The molecule has 0 aliphatic carbocycles. The SMILES string of the molecule is Nc1cnn(CCNC(=O)Nc2ccc(F)cc2F)c1. The smallest absolute Gasteiger partial charge is 0.319 e. The number of rotatable bonds is 4. The summed E-state index contributed by atoms with van der Waals surface area (Å²) in [5.41, 5.74) is 5.93. The van der Waals surface area contributed by atoms with Crippen molar-refractivity contribution in [1.82, 2.24) is 15.1 Å². The average molecular weight is 281 g/mol. The van der Waals surface area contributed by atoms with Crippen molar-refractivity contribution in [2.75, 3.05) is 17.6 Å². The maximum absolute atomic E-state index is 13.3. The highest BCUT2D eigenvalue weighted by molar-refractivity contribution is 5.89. The molecule has 0 bridgehead atoms. The summed E-state index contributed by atoms with van der Waals surface area (Å²) in [4.78, 5) is 11.5. The van der Waals surface area contributed by atoms with Crippen LogP contribution in [0.5, 0.6) is 0 Å². The molecule has 2 rings (SSSR count). The summed E-state index contributed by atoms with van der Waals surface area (Å²) in [6.07, 6.45) is 3.12. The lowest BCUT2D eigenvalue weighted by molar-refractivity contribution is 0.251. The number of halogens is 2. The Morgan fingerprint density at radius 3 is 2.85 bits per heavy atom. The Hall–Kier alpha value is -2.64. The largest absolute Gasteiger partial charge is 0.396 e. The normalized spacial score (nSPS) is 10.3. The van der Waals surface area contributed by atoms with Crippen LogP contribution >= 0.6 is 0 Å². The molecule has 0 atom stereocenters. The van der Waals surface area contributed by atoms with E-state index in [1.807, 2.05) is 0 Å². The monoisotopic (exact) mass is 281 g/mol. The number of anilines is 2. The summed E-state index contributed by atoms with van der Waals surface area (Å²) < 4.78 is 27.5. The maximum atomic E-state index is 13.3. The molecule has 0 saturated heterocycles. The number of nitrogens with one attached hydrogen (secondary N) is 2. The summed E-state index contributed by atoms with van der Waals surface area (Å²) in [6, 6.07) is 2.32. The Kier molecular flexibility index (Phi) is 4.14. The molecular formula is C12H13F2N5O. The van der Waals surface area contributed by atoms with Crippen LogP contribution in [-0.2, 0) is 6.54 Å². The summed E-state index contributed by atoms with van der Waals surface area (Å²) >= 11 is 0. The first kappa shape index (κ1) is 13.8. The first-order chi connectivity index (χ1) is 9.54. The Morgan fingerprint density at radius 2 is 2.20 bits per heavy atom. The molecule has 106 valence electrons. The number of aromatic nitrogens is 2. The second-order valence-electron chi connectivity index (χ2n) is 4.04. The summed E-state index contributed by atoms with van der Waals surface area (Å²) in [5.74, 6) is -1.54. The van der Waals surface area contributed by atoms with Gasteiger partial charge in [0.25, 0.3) is 0 Å². The van der Waals surface area contributed by atoms with Gasteiger partial charge in [0.15, 0.2) is 0 Å². The lowest BCUT2D eigenvalue weighted by Gasteiger charge is -2.08. The standard InChI is InChI=1S/C12H13F2N5O/c13-8-1-2-11(10(14)5-8)18-12(20)16-3-4-19-7-9(15)6-17-19/h1-2,5-7H,3-4,15H2,(H2,16,18,20). The van der Waals surface area contributed by atoms with Crippen LogP contribution in [-0.4, -0.2) is 22.4 Å². The predicted molar refractivity (Wildman–Crippen MR) is 70.0 cm³/mol. The minimum absolute atomic E-state index is 0.0905. The highest BCUT2D eigenvalue weighted by Gasteiger charge is 2.07. The van der Waals surface area contributed by atoms with Gasteiger partial charge in [-0.1, -0.05) is 0 Å². The average Bonchev–Trinajstić information content (AvgIpc) is 2.79. The first-order valence-corrected chi connectivity index (χ1v) is 5.82. The summed E-state index contributed by atoms with van der Waals surface area (Å²) in [6.45, 7) is 0.715. The third kappa shape index (κ3) is 3.67. The van der Waals surface area contributed by atoms with Crippen LogP contribution < -0.4 is 16.4 Å². The minimum atomic E-state index is -0.833. The van der Waals surface area contributed by atoms with Gasteiger partial charge in [0, 0.05) is 18.8 Å². The van der Waals surface area contributed by atoms with E-state index in [0.29, 0.717) is 18.3 Å². The number of nitrogen functional groups attached to an aromatic ring is 1. The van der Waals surface area contributed by atoms with Crippen LogP contribution in [0.1, 0.15) is 0 Å². The fourth-order valence-electron chi connectivity index (χ4n) is 1.54. The van der Waals surface area contributed by atoms with Gasteiger partial charge in [-0.3, -0.25) is 4.68 Å². The van der Waals surface area contributed by atoms with E-state index in [-0.39, 0.29) is 12.2 Å². The molecule has 6 nitrogen and oxygen atoms in total. The zero-order valence-electron chi connectivity index (χ0n) is 10.4. The van der Waals surface area contributed by atoms with Crippen LogP contribution in [0, 0.1) is 11.6 Å². The third-order valence-electron chi connectivity index (χ3n) is 2.46. The van der Waals surface area contributed by atoms with Crippen molar-refractivity contribution in [3.63, 3.8) is 0 Å². The fraction of sp³-hybridized carbons (Fsp3) is 0.167. The van der Waals surface area contributed by atoms with E-state index in [9.17, 15) is 13.6 Å². The van der Waals surface area contributed by atoms with E-state index in [1.54, 1.807) is 10.9 Å². The highest BCUT2D eigenvalue weighted by Crippen LogP contribution is 2.14. The topological polar surface area (TPSA) is 85.0 Å². The van der Waals surface area contributed by atoms with Crippen molar-refractivity contribution in [3.05, 3.63) is 42.2 Å². The van der Waals surface area contributed by atoms with Crippen molar-refractivity contribution in [2.24, 2.45) is 0 Å². The van der Waals surface area contributed by atoms with Crippen LogP contribution in [0.15, 0.2) is 30.6 Å². The summed E-state index contributed by atoms with van der Waals surface area (Å²) in [7, 11) is 0. The van der Waals surface area contributed by atoms with Gasteiger partial charge in [0.05, 0.1) is 24.1 Å². The van der Waals surface area contributed by atoms with Crippen LogP contribution in [0.3, 0.4) is 0 Å². The number of nitrogens with zero attached hydrogens (tertiary/aromatic N) is 2.